The van der Waals surface area contributed by atoms with Crippen molar-refractivity contribution in [3.05, 3.63) is 23.2 Å². The Hall–Kier alpha value is -0.890. The standard InChI is InChI=1S/C12H19ClN2/c1-3-5-9-15(4-2)11-8-6-7-10(13)12(11)14/h6-8H,3-5,9,14H2,1-2H3. The summed E-state index contributed by atoms with van der Waals surface area (Å²) in [6, 6.07) is 5.80. The van der Waals surface area contributed by atoms with Crippen molar-refractivity contribution < 1.29 is 0 Å². The second-order valence-electron chi connectivity index (χ2n) is 3.61. The third-order valence-corrected chi connectivity index (χ3v) is 2.86. The van der Waals surface area contributed by atoms with Gasteiger partial charge in [0, 0.05) is 13.1 Å². The lowest BCUT2D eigenvalue weighted by atomic mass is 10.2. The number of anilines is 2. The van der Waals surface area contributed by atoms with Gasteiger partial charge in [0.05, 0.1) is 16.4 Å². The number of hydrogen-bond acceptors (Lipinski definition) is 2. The third kappa shape index (κ3) is 3.03. The van der Waals surface area contributed by atoms with Crippen LogP contribution in [0.4, 0.5) is 11.4 Å². The molecule has 0 radical (unpaired) electrons. The van der Waals surface area contributed by atoms with Gasteiger partial charge in [-0.3, -0.25) is 0 Å². The molecule has 0 atom stereocenters. The van der Waals surface area contributed by atoms with Gasteiger partial charge < -0.3 is 10.6 Å². The Morgan fingerprint density at radius 3 is 2.67 bits per heavy atom. The smallest absolute Gasteiger partial charge is 0.0741 e. The third-order valence-electron chi connectivity index (χ3n) is 2.53. The molecule has 0 aliphatic carbocycles. The molecule has 1 rings (SSSR count). The molecule has 0 spiro atoms. The van der Waals surface area contributed by atoms with E-state index in [1.54, 1.807) is 0 Å². The Bertz CT molecular complexity index is 312. The molecular formula is C12H19ClN2. The first-order valence-electron chi connectivity index (χ1n) is 5.49. The van der Waals surface area contributed by atoms with Crippen LogP contribution in [0.3, 0.4) is 0 Å². The highest BCUT2D eigenvalue weighted by atomic mass is 35.5. The fourth-order valence-electron chi connectivity index (χ4n) is 1.60. The zero-order chi connectivity index (χ0) is 11.3. The Morgan fingerprint density at radius 2 is 2.07 bits per heavy atom. The highest BCUT2D eigenvalue weighted by Crippen LogP contribution is 2.29. The van der Waals surface area contributed by atoms with E-state index in [0.29, 0.717) is 10.7 Å². The van der Waals surface area contributed by atoms with Crippen LogP contribution in [0.15, 0.2) is 18.2 Å². The molecule has 0 saturated heterocycles. The van der Waals surface area contributed by atoms with Crippen LogP contribution < -0.4 is 10.6 Å². The summed E-state index contributed by atoms with van der Waals surface area (Å²) in [6.07, 6.45) is 2.37. The molecule has 0 bridgehead atoms. The summed E-state index contributed by atoms with van der Waals surface area (Å²) in [7, 11) is 0. The van der Waals surface area contributed by atoms with Crippen LogP contribution in [0, 0.1) is 0 Å². The average molecular weight is 227 g/mol. The molecule has 1 aromatic rings. The van der Waals surface area contributed by atoms with Crippen LogP contribution in [-0.4, -0.2) is 13.1 Å². The quantitative estimate of drug-likeness (QED) is 0.779. The summed E-state index contributed by atoms with van der Waals surface area (Å²) in [5.41, 5.74) is 7.70. The van der Waals surface area contributed by atoms with Crippen molar-refractivity contribution in [3.63, 3.8) is 0 Å². The van der Waals surface area contributed by atoms with Crippen LogP contribution in [0.2, 0.25) is 5.02 Å². The van der Waals surface area contributed by atoms with Gasteiger partial charge in [0.15, 0.2) is 0 Å². The minimum Gasteiger partial charge on any atom is -0.396 e. The van der Waals surface area contributed by atoms with E-state index in [9.17, 15) is 0 Å². The molecule has 0 heterocycles. The summed E-state index contributed by atoms with van der Waals surface area (Å²) >= 11 is 6.00. The van der Waals surface area contributed by atoms with E-state index in [1.807, 2.05) is 18.2 Å². The average Bonchev–Trinajstić information content (AvgIpc) is 2.25. The first kappa shape index (κ1) is 12.2. The molecular weight excluding hydrogens is 208 g/mol. The summed E-state index contributed by atoms with van der Waals surface area (Å²) in [5, 5.41) is 0.641. The molecule has 0 fully saturated rings. The molecule has 1 aromatic carbocycles. The maximum Gasteiger partial charge on any atom is 0.0741 e. The van der Waals surface area contributed by atoms with Crippen molar-refractivity contribution in [2.45, 2.75) is 26.7 Å². The van der Waals surface area contributed by atoms with Crippen molar-refractivity contribution >= 4 is 23.0 Å². The number of hydrogen-bond donors (Lipinski definition) is 1. The highest BCUT2D eigenvalue weighted by molar-refractivity contribution is 6.33. The van der Waals surface area contributed by atoms with Gasteiger partial charge in [-0.15, -0.1) is 0 Å². The van der Waals surface area contributed by atoms with Crippen LogP contribution in [-0.2, 0) is 0 Å². The van der Waals surface area contributed by atoms with Crippen LogP contribution in [0.1, 0.15) is 26.7 Å². The molecule has 0 saturated carbocycles. The van der Waals surface area contributed by atoms with E-state index in [1.165, 1.54) is 12.8 Å². The van der Waals surface area contributed by atoms with E-state index >= 15 is 0 Å². The second kappa shape index (κ2) is 5.86. The van der Waals surface area contributed by atoms with Gasteiger partial charge in [-0.1, -0.05) is 31.0 Å². The number of nitrogens with zero attached hydrogens (tertiary/aromatic N) is 1. The first-order valence-corrected chi connectivity index (χ1v) is 5.87. The van der Waals surface area contributed by atoms with Gasteiger partial charge in [0.25, 0.3) is 0 Å². The lowest BCUT2D eigenvalue weighted by Gasteiger charge is -2.24. The van der Waals surface area contributed by atoms with Crippen LogP contribution in [0.5, 0.6) is 0 Å². The monoisotopic (exact) mass is 226 g/mol. The maximum atomic E-state index is 6.00. The molecule has 84 valence electrons. The van der Waals surface area contributed by atoms with Gasteiger partial charge in [-0.2, -0.15) is 0 Å². The minimum absolute atomic E-state index is 0.641. The summed E-state index contributed by atoms with van der Waals surface area (Å²) in [4.78, 5) is 2.27. The number of benzene rings is 1. The van der Waals surface area contributed by atoms with Crippen LogP contribution >= 0.6 is 11.6 Å². The van der Waals surface area contributed by atoms with E-state index in [2.05, 4.69) is 18.7 Å². The fraction of sp³-hybridized carbons (Fsp3) is 0.500. The molecule has 2 N–H and O–H groups in total. The van der Waals surface area contributed by atoms with Gasteiger partial charge in [0.1, 0.15) is 0 Å². The highest BCUT2D eigenvalue weighted by Gasteiger charge is 2.09. The van der Waals surface area contributed by atoms with Gasteiger partial charge in [-0.25, -0.2) is 0 Å². The van der Waals surface area contributed by atoms with E-state index in [-0.39, 0.29) is 0 Å². The number of halogens is 1. The lowest BCUT2D eigenvalue weighted by Crippen LogP contribution is -2.24. The summed E-state index contributed by atoms with van der Waals surface area (Å²) in [6.45, 7) is 6.33. The maximum absolute atomic E-state index is 6.00. The Labute approximate surface area is 97.0 Å². The van der Waals surface area contributed by atoms with Crippen molar-refractivity contribution in [2.75, 3.05) is 23.7 Å². The van der Waals surface area contributed by atoms with Crippen molar-refractivity contribution in [3.8, 4) is 0 Å². The SMILES string of the molecule is CCCCN(CC)c1cccc(Cl)c1N. The number of unbranched alkanes of at least 4 members (excludes halogenated alkanes) is 1. The lowest BCUT2D eigenvalue weighted by molar-refractivity contribution is 0.733. The van der Waals surface area contributed by atoms with Gasteiger partial charge >= 0.3 is 0 Å². The van der Waals surface area contributed by atoms with Crippen molar-refractivity contribution in [1.29, 1.82) is 0 Å². The minimum atomic E-state index is 0.641. The fourth-order valence-corrected chi connectivity index (χ4v) is 1.77. The molecule has 15 heavy (non-hydrogen) atoms. The first-order chi connectivity index (χ1) is 7.20. The molecule has 0 unspecified atom stereocenters. The van der Waals surface area contributed by atoms with Crippen LogP contribution in [0.25, 0.3) is 0 Å². The second-order valence-corrected chi connectivity index (χ2v) is 4.01. The molecule has 3 heteroatoms. The van der Waals surface area contributed by atoms with Crippen molar-refractivity contribution in [1.82, 2.24) is 0 Å². The largest absolute Gasteiger partial charge is 0.396 e. The number of rotatable bonds is 5. The molecule has 0 amide bonds. The predicted octanol–water partition coefficient (Wildman–Crippen LogP) is 3.55. The molecule has 0 aromatic heterocycles. The Balaban J connectivity index is 2.86. The normalized spacial score (nSPS) is 10.3. The zero-order valence-corrected chi connectivity index (χ0v) is 10.2. The number of para-hydroxylation sites is 1. The number of nitrogen functional groups attached to an aromatic ring is 1. The molecule has 2 nitrogen and oxygen atoms in total. The molecule has 0 aliphatic rings. The number of nitrogens with two attached hydrogens (primary N) is 1. The Morgan fingerprint density at radius 1 is 1.33 bits per heavy atom. The zero-order valence-electron chi connectivity index (χ0n) is 9.46. The summed E-state index contributed by atoms with van der Waals surface area (Å²) < 4.78 is 0. The van der Waals surface area contributed by atoms with Gasteiger partial charge in [0.2, 0.25) is 0 Å². The summed E-state index contributed by atoms with van der Waals surface area (Å²) in [5.74, 6) is 0. The van der Waals surface area contributed by atoms with Gasteiger partial charge in [-0.05, 0) is 25.5 Å². The topological polar surface area (TPSA) is 29.3 Å². The molecule has 0 aliphatic heterocycles. The van der Waals surface area contributed by atoms with E-state index < -0.39 is 0 Å². The van der Waals surface area contributed by atoms with E-state index in [4.69, 9.17) is 17.3 Å². The Kier molecular flexibility index (Phi) is 4.76. The predicted molar refractivity (Wildman–Crippen MR) is 68.7 cm³/mol. The van der Waals surface area contributed by atoms with E-state index in [0.717, 1.165) is 18.8 Å². The van der Waals surface area contributed by atoms with Crippen molar-refractivity contribution in [2.24, 2.45) is 0 Å².